The Labute approximate surface area is 116 Å². The first-order chi connectivity index (χ1) is 8.97. The van der Waals surface area contributed by atoms with Crippen LogP contribution in [0.15, 0.2) is 6.07 Å². The van der Waals surface area contributed by atoms with Crippen LogP contribution < -0.4 is 5.43 Å². The lowest BCUT2D eigenvalue weighted by Crippen LogP contribution is -2.47. The largest absolute Gasteiger partial charge is 0.286 e. The molecule has 1 aliphatic heterocycles. The number of nitrogens with zero attached hydrogens (tertiary/aromatic N) is 3. The van der Waals surface area contributed by atoms with Crippen LogP contribution in [0.1, 0.15) is 64.3 Å². The van der Waals surface area contributed by atoms with Crippen LogP contribution in [0, 0.1) is 6.92 Å². The molecule has 19 heavy (non-hydrogen) atoms. The number of hydrogen-bond donors (Lipinski definition) is 1. The predicted molar refractivity (Wildman–Crippen MR) is 79.1 cm³/mol. The van der Waals surface area contributed by atoms with Crippen LogP contribution in [-0.2, 0) is 0 Å². The molecule has 1 aliphatic rings. The maximum Gasteiger partial charge on any atom is 0.237 e. The summed E-state index contributed by atoms with van der Waals surface area (Å²) in [6.45, 7) is 10.9. The first-order valence-corrected chi connectivity index (χ1v) is 7.38. The summed E-state index contributed by atoms with van der Waals surface area (Å²) in [6, 6.07) is 3.14. The highest BCUT2D eigenvalue weighted by Gasteiger charge is 2.25. The topological polar surface area (TPSA) is 41.1 Å². The molecule has 0 aliphatic carbocycles. The van der Waals surface area contributed by atoms with Crippen LogP contribution in [-0.4, -0.2) is 27.1 Å². The van der Waals surface area contributed by atoms with Crippen LogP contribution in [0.4, 0.5) is 5.95 Å². The Morgan fingerprint density at radius 3 is 2.42 bits per heavy atom. The lowest BCUT2D eigenvalue weighted by molar-refractivity contribution is 0.134. The van der Waals surface area contributed by atoms with Gasteiger partial charge in [0.1, 0.15) is 0 Å². The fourth-order valence-electron chi connectivity index (χ4n) is 2.70. The van der Waals surface area contributed by atoms with E-state index in [-0.39, 0.29) is 0 Å². The maximum absolute atomic E-state index is 4.63. The van der Waals surface area contributed by atoms with Gasteiger partial charge in [-0.15, -0.1) is 0 Å². The minimum atomic E-state index is 0.429. The molecule has 1 N–H and O–H groups in total. The van der Waals surface area contributed by atoms with Crippen LogP contribution >= 0.6 is 0 Å². The standard InChI is InChI=1S/C15H26N4/c1-10(2)14-9-11(3)16-15(17-14)18-19-12(4)7-6-8-13(19)5/h9-10,12-13H,6-8H2,1-5H3,(H,16,17,18). The van der Waals surface area contributed by atoms with Crippen molar-refractivity contribution in [3.63, 3.8) is 0 Å². The first-order valence-electron chi connectivity index (χ1n) is 7.38. The Hall–Kier alpha value is -1.16. The van der Waals surface area contributed by atoms with E-state index < -0.39 is 0 Å². The van der Waals surface area contributed by atoms with Gasteiger partial charge in [-0.2, -0.15) is 0 Å². The molecule has 4 nitrogen and oxygen atoms in total. The van der Waals surface area contributed by atoms with Gasteiger partial charge in [0.2, 0.25) is 5.95 Å². The molecule has 0 saturated carbocycles. The highest BCUT2D eigenvalue weighted by Crippen LogP contribution is 2.23. The van der Waals surface area contributed by atoms with E-state index in [1.165, 1.54) is 19.3 Å². The molecule has 2 heterocycles. The van der Waals surface area contributed by atoms with Crippen molar-refractivity contribution in [1.82, 2.24) is 15.0 Å². The fourth-order valence-corrected chi connectivity index (χ4v) is 2.70. The Balaban J connectivity index is 2.17. The molecule has 0 radical (unpaired) electrons. The number of aryl methyl sites for hydroxylation is 1. The van der Waals surface area contributed by atoms with Crippen molar-refractivity contribution >= 4 is 5.95 Å². The molecular weight excluding hydrogens is 236 g/mol. The van der Waals surface area contributed by atoms with E-state index in [1.54, 1.807) is 0 Å². The van der Waals surface area contributed by atoms with Crippen LogP contribution in [0.2, 0.25) is 0 Å². The van der Waals surface area contributed by atoms with Gasteiger partial charge in [-0.05, 0) is 45.6 Å². The van der Waals surface area contributed by atoms with E-state index >= 15 is 0 Å². The number of nitrogens with one attached hydrogen (secondary N) is 1. The Bertz CT molecular complexity index is 420. The van der Waals surface area contributed by atoms with Gasteiger partial charge >= 0.3 is 0 Å². The molecular formula is C15H26N4. The second-order valence-electron chi connectivity index (χ2n) is 6.06. The van der Waals surface area contributed by atoms with Crippen LogP contribution in [0.25, 0.3) is 0 Å². The summed E-state index contributed by atoms with van der Waals surface area (Å²) in [6.07, 6.45) is 3.78. The second-order valence-corrected chi connectivity index (χ2v) is 6.06. The predicted octanol–water partition coefficient (Wildman–Crippen LogP) is 3.50. The normalized spacial score (nSPS) is 24.7. The van der Waals surface area contributed by atoms with Crippen molar-refractivity contribution in [2.75, 3.05) is 5.43 Å². The van der Waals surface area contributed by atoms with Gasteiger partial charge in [-0.3, -0.25) is 5.43 Å². The van der Waals surface area contributed by atoms with E-state index in [4.69, 9.17) is 0 Å². The summed E-state index contributed by atoms with van der Waals surface area (Å²) < 4.78 is 0. The molecule has 1 aromatic rings. The van der Waals surface area contributed by atoms with E-state index in [9.17, 15) is 0 Å². The summed E-state index contributed by atoms with van der Waals surface area (Å²) in [7, 11) is 0. The molecule has 0 aromatic carbocycles. The summed E-state index contributed by atoms with van der Waals surface area (Å²) >= 11 is 0. The molecule has 1 saturated heterocycles. The summed E-state index contributed by atoms with van der Waals surface area (Å²) in [5.74, 6) is 1.17. The van der Waals surface area contributed by atoms with Gasteiger partial charge in [0.15, 0.2) is 0 Å². The number of hydrazine groups is 1. The van der Waals surface area contributed by atoms with Crippen molar-refractivity contribution in [2.45, 2.75) is 71.9 Å². The van der Waals surface area contributed by atoms with Crippen molar-refractivity contribution in [1.29, 1.82) is 0 Å². The van der Waals surface area contributed by atoms with Crippen LogP contribution in [0.5, 0.6) is 0 Å². The quantitative estimate of drug-likeness (QED) is 0.905. The van der Waals surface area contributed by atoms with Crippen LogP contribution in [0.3, 0.4) is 0 Å². The third-order valence-electron chi connectivity index (χ3n) is 3.89. The number of piperidine rings is 1. The Kier molecular flexibility index (Phi) is 4.40. The molecule has 2 atom stereocenters. The van der Waals surface area contributed by atoms with Crippen molar-refractivity contribution in [3.8, 4) is 0 Å². The maximum atomic E-state index is 4.63. The van der Waals surface area contributed by atoms with Gasteiger partial charge in [-0.1, -0.05) is 20.3 Å². The zero-order chi connectivity index (χ0) is 14.0. The van der Waals surface area contributed by atoms with Crippen molar-refractivity contribution < 1.29 is 0 Å². The molecule has 1 aromatic heterocycles. The minimum absolute atomic E-state index is 0.429. The second kappa shape index (κ2) is 5.87. The highest BCUT2D eigenvalue weighted by atomic mass is 15.6. The van der Waals surface area contributed by atoms with Gasteiger partial charge in [0, 0.05) is 23.5 Å². The summed E-state index contributed by atoms with van der Waals surface area (Å²) in [4.78, 5) is 9.15. The zero-order valence-corrected chi connectivity index (χ0v) is 12.8. The van der Waals surface area contributed by atoms with Gasteiger partial charge < -0.3 is 0 Å². The molecule has 106 valence electrons. The van der Waals surface area contributed by atoms with Crippen molar-refractivity contribution in [2.24, 2.45) is 0 Å². The Morgan fingerprint density at radius 2 is 1.84 bits per heavy atom. The smallest absolute Gasteiger partial charge is 0.237 e. The lowest BCUT2D eigenvalue weighted by Gasteiger charge is -2.38. The molecule has 1 fully saturated rings. The van der Waals surface area contributed by atoms with E-state index in [2.05, 4.69) is 54.2 Å². The summed E-state index contributed by atoms with van der Waals surface area (Å²) in [5.41, 5.74) is 5.56. The minimum Gasteiger partial charge on any atom is -0.286 e. The average molecular weight is 262 g/mol. The molecule has 2 unspecified atom stereocenters. The number of rotatable bonds is 3. The lowest BCUT2D eigenvalue weighted by atomic mass is 10.00. The van der Waals surface area contributed by atoms with E-state index in [0.29, 0.717) is 18.0 Å². The molecule has 2 rings (SSSR count). The number of anilines is 1. The molecule has 0 amide bonds. The zero-order valence-electron chi connectivity index (χ0n) is 12.8. The van der Waals surface area contributed by atoms with E-state index in [0.717, 1.165) is 17.3 Å². The average Bonchev–Trinajstić information content (AvgIpc) is 2.33. The van der Waals surface area contributed by atoms with E-state index in [1.807, 2.05) is 6.92 Å². The molecule has 0 bridgehead atoms. The van der Waals surface area contributed by atoms with Gasteiger partial charge in [-0.25, -0.2) is 15.0 Å². The third kappa shape index (κ3) is 3.44. The fraction of sp³-hybridized carbons (Fsp3) is 0.733. The highest BCUT2D eigenvalue weighted by molar-refractivity contribution is 5.28. The molecule has 4 heteroatoms. The third-order valence-corrected chi connectivity index (χ3v) is 3.89. The number of hydrogen-bond acceptors (Lipinski definition) is 4. The SMILES string of the molecule is Cc1cc(C(C)C)nc(NN2C(C)CCCC2C)n1. The first kappa shape index (κ1) is 14.3. The Morgan fingerprint density at radius 1 is 1.21 bits per heavy atom. The molecule has 0 spiro atoms. The monoisotopic (exact) mass is 262 g/mol. The van der Waals surface area contributed by atoms with Gasteiger partial charge in [0.25, 0.3) is 0 Å². The van der Waals surface area contributed by atoms with Crippen molar-refractivity contribution in [3.05, 3.63) is 17.5 Å². The van der Waals surface area contributed by atoms with Gasteiger partial charge in [0.05, 0.1) is 0 Å². The summed E-state index contributed by atoms with van der Waals surface area (Å²) in [5, 5.41) is 2.31. The number of aromatic nitrogens is 2.